The molecule has 0 radical (unpaired) electrons. The van der Waals surface area contributed by atoms with Crippen molar-refractivity contribution in [3.8, 4) is 0 Å². The number of amides is 1. The van der Waals surface area contributed by atoms with Gasteiger partial charge in [-0.25, -0.2) is 13.4 Å². The number of nitrogens with one attached hydrogen (secondary N) is 1. The summed E-state index contributed by atoms with van der Waals surface area (Å²) in [7, 11) is -3.57. The molecule has 0 unspecified atom stereocenters. The van der Waals surface area contributed by atoms with Crippen molar-refractivity contribution in [1.29, 1.82) is 0 Å². The van der Waals surface area contributed by atoms with E-state index in [1.165, 1.54) is 10.4 Å². The van der Waals surface area contributed by atoms with Crippen LogP contribution in [0.5, 0.6) is 0 Å². The number of hydrogen-bond acceptors (Lipinski definition) is 6. The molecule has 1 saturated heterocycles. The molecule has 3 aromatic rings. The molecule has 32 heavy (non-hydrogen) atoms. The highest BCUT2D eigenvalue weighted by atomic mass is 32.2. The van der Waals surface area contributed by atoms with Gasteiger partial charge in [0.2, 0.25) is 15.9 Å². The van der Waals surface area contributed by atoms with Crippen LogP contribution >= 0.6 is 11.3 Å². The van der Waals surface area contributed by atoms with E-state index < -0.39 is 10.0 Å². The van der Waals surface area contributed by atoms with Gasteiger partial charge in [0.15, 0.2) is 0 Å². The second-order valence-electron chi connectivity index (χ2n) is 7.81. The van der Waals surface area contributed by atoms with Gasteiger partial charge in [-0.05, 0) is 49.7 Å². The van der Waals surface area contributed by atoms with E-state index in [4.69, 9.17) is 4.98 Å². The van der Waals surface area contributed by atoms with Crippen LogP contribution < -0.4 is 5.32 Å². The Morgan fingerprint density at radius 3 is 2.72 bits per heavy atom. The molecule has 1 fully saturated rings. The SMILES string of the molecule is CCN(CC)S(=O)(=O)c1cccc(NC(=O)CN2CCC[C@H]2c2nc3ccccc3s2)c1. The van der Waals surface area contributed by atoms with Gasteiger partial charge in [0.1, 0.15) is 5.01 Å². The van der Waals surface area contributed by atoms with Gasteiger partial charge in [-0.2, -0.15) is 4.31 Å². The van der Waals surface area contributed by atoms with E-state index in [2.05, 4.69) is 16.3 Å². The van der Waals surface area contributed by atoms with Crippen molar-refractivity contribution < 1.29 is 13.2 Å². The summed E-state index contributed by atoms with van der Waals surface area (Å²) in [5.74, 6) is -0.157. The largest absolute Gasteiger partial charge is 0.325 e. The van der Waals surface area contributed by atoms with Crippen LogP contribution in [0.25, 0.3) is 10.2 Å². The Balaban J connectivity index is 1.45. The molecule has 1 amide bonds. The number of carbonyl (C=O) groups is 1. The van der Waals surface area contributed by atoms with Gasteiger partial charge >= 0.3 is 0 Å². The molecule has 170 valence electrons. The molecule has 9 heteroatoms. The number of para-hydroxylation sites is 1. The van der Waals surface area contributed by atoms with Gasteiger partial charge in [-0.1, -0.05) is 32.0 Å². The van der Waals surface area contributed by atoms with Gasteiger partial charge in [0, 0.05) is 18.8 Å². The van der Waals surface area contributed by atoms with Crippen molar-refractivity contribution in [3.05, 3.63) is 53.5 Å². The first-order valence-electron chi connectivity index (χ1n) is 10.9. The Hall–Kier alpha value is -2.33. The third-order valence-electron chi connectivity index (χ3n) is 5.77. The van der Waals surface area contributed by atoms with Crippen LogP contribution in [0.2, 0.25) is 0 Å². The van der Waals surface area contributed by atoms with Crippen molar-refractivity contribution in [2.75, 3.05) is 31.5 Å². The zero-order chi connectivity index (χ0) is 22.7. The molecule has 1 aliphatic heterocycles. The topological polar surface area (TPSA) is 82.6 Å². The molecular formula is C23H28N4O3S2. The fourth-order valence-corrected chi connectivity index (χ4v) is 6.80. The maximum absolute atomic E-state index is 12.8. The van der Waals surface area contributed by atoms with E-state index in [1.54, 1.807) is 29.5 Å². The van der Waals surface area contributed by atoms with Crippen LogP contribution in [0, 0.1) is 0 Å². The molecule has 1 aromatic heterocycles. The molecule has 0 spiro atoms. The molecule has 1 atom stereocenters. The Labute approximate surface area is 193 Å². The summed E-state index contributed by atoms with van der Waals surface area (Å²) in [5.41, 5.74) is 1.48. The van der Waals surface area contributed by atoms with Crippen molar-refractivity contribution in [2.45, 2.75) is 37.6 Å². The minimum absolute atomic E-state index is 0.132. The van der Waals surface area contributed by atoms with E-state index in [-0.39, 0.29) is 23.4 Å². The average Bonchev–Trinajstić information content (AvgIpc) is 3.41. The van der Waals surface area contributed by atoms with Crippen LogP contribution in [0.3, 0.4) is 0 Å². The fourth-order valence-electron chi connectivity index (χ4n) is 4.16. The van der Waals surface area contributed by atoms with Crippen molar-refractivity contribution >= 4 is 43.2 Å². The minimum Gasteiger partial charge on any atom is -0.325 e. The highest BCUT2D eigenvalue weighted by Gasteiger charge is 2.30. The third kappa shape index (κ3) is 4.71. The Kier molecular flexibility index (Phi) is 6.90. The summed E-state index contributed by atoms with van der Waals surface area (Å²) in [4.78, 5) is 19.9. The number of fused-ring (bicyclic) bond motifs is 1. The summed E-state index contributed by atoms with van der Waals surface area (Å²) < 4.78 is 28.1. The summed E-state index contributed by atoms with van der Waals surface area (Å²) in [6.45, 7) is 5.50. The number of nitrogens with zero attached hydrogens (tertiary/aromatic N) is 3. The molecule has 1 aliphatic rings. The zero-order valence-electron chi connectivity index (χ0n) is 18.3. The maximum atomic E-state index is 12.8. The second-order valence-corrected chi connectivity index (χ2v) is 10.8. The second kappa shape index (κ2) is 9.66. The van der Waals surface area contributed by atoms with Gasteiger partial charge in [-0.3, -0.25) is 9.69 Å². The zero-order valence-corrected chi connectivity index (χ0v) is 20.0. The van der Waals surface area contributed by atoms with Crippen LogP contribution in [0.15, 0.2) is 53.4 Å². The van der Waals surface area contributed by atoms with Crippen molar-refractivity contribution in [2.24, 2.45) is 0 Å². The predicted molar refractivity (Wildman–Crippen MR) is 128 cm³/mol. The normalized spacial score (nSPS) is 17.3. The molecule has 0 aliphatic carbocycles. The lowest BCUT2D eigenvalue weighted by molar-refractivity contribution is -0.117. The van der Waals surface area contributed by atoms with E-state index in [0.29, 0.717) is 18.8 Å². The van der Waals surface area contributed by atoms with E-state index in [9.17, 15) is 13.2 Å². The average molecular weight is 473 g/mol. The minimum atomic E-state index is -3.57. The molecule has 7 nitrogen and oxygen atoms in total. The van der Waals surface area contributed by atoms with Gasteiger partial charge in [-0.15, -0.1) is 11.3 Å². The first-order valence-corrected chi connectivity index (χ1v) is 13.2. The van der Waals surface area contributed by atoms with E-state index in [1.807, 2.05) is 32.0 Å². The lowest BCUT2D eigenvalue weighted by atomic mass is 10.2. The first-order chi connectivity index (χ1) is 15.4. The van der Waals surface area contributed by atoms with E-state index in [0.717, 1.165) is 34.6 Å². The lowest BCUT2D eigenvalue weighted by Gasteiger charge is -2.22. The highest BCUT2D eigenvalue weighted by molar-refractivity contribution is 7.89. The number of thiazole rings is 1. The van der Waals surface area contributed by atoms with Gasteiger partial charge in [0.05, 0.1) is 27.7 Å². The lowest BCUT2D eigenvalue weighted by Crippen LogP contribution is -2.33. The summed E-state index contributed by atoms with van der Waals surface area (Å²) in [6.07, 6.45) is 2.00. The number of hydrogen-bond donors (Lipinski definition) is 1. The molecule has 2 aromatic carbocycles. The smallest absolute Gasteiger partial charge is 0.243 e. The summed E-state index contributed by atoms with van der Waals surface area (Å²) in [6, 6.07) is 14.7. The predicted octanol–water partition coefficient (Wildman–Crippen LogP) is 4.10. The Bertz CT molecular complexity index is 1170. The number of benzene rings is 2. The number of anilines is 1. The fraction of sp³-hybridized carbons (Fsp3) is 0.391. The van der Waals surface area contributed by atoms with Gasteiger partial charge in [0.25, 0.3) is 0 Å². The molecule has 2 heterocycles. The molecular weight excluding hydrogens is 444 g/mol. The molecule has 0 bridgehead atoms. The number of aromatic nitrogens is 1. The Morgan fingerprint density at radius 1 is 1.19 bits per heavy atom. The third-order valence-corrected chi connectivity index (χ3v) is 8.95. The molecule has 4 rings (SSSR count). The number of rotatable bonds is 8. The Morgan fingerprint density at radius 2 is 1.97 bits per heavy atom. The summed E-state index contributed by atoms with van der Waals surface area (Å²) >= 11 is 1.69. The molecule has 1 N–H and O–H groups in total. The van der Waals surface area contributed by atoms with Crippen molar-refractivity contribution in [1.82, 2.24) is 14.2 Å². The summed E-state index contributed by atoms with van der Waals surface area (Å²) in [5, 5.41) is 3.92. The van der Waals surface area contributed by atoms with Crippen LogP contribution in [-0.2, 0) is 14.8 Å². The number of carbonyl (C=O) groups excluding carboxylic acids is 1. The van der Waals surface area contributed by atoms with Crippen LogP contribution in [0.4, 0.5) is 5.69 Å². The first kappa shape index (κ1) is 22.8. The van der Waals surface area contributed by atoms with Gasteiger partial charge < -0.3 is 5.32 Å². The van der Waals surface area contributed by atoms with Crippen LogP contribution in [0.1, 0.15) is 37.7 Å². The quantitative estimate of drug-likeness (QED) is 0.534. The number of likely N-dealkylation sites (tertiary alicyclic amines) is 1. The number of sulfonamides is 1. The van der Waals surface area contributed by atoms with Crippen LogP contribution in [-0.4, -0.2) is 54.7 Å². The van der Waals surface area contributed by atoms with E-state index >= 15 is 0 Å². The molecule has 0 saturated carbocycles. The van der Waals surface area contributed by atoms with Crippen molar-refractivity contribution in [3.63, 3.8) is 0 Å². The highest BCUT2D eigenvalue weighted by Crippen LogP contribution is 2.36. The monoisotopic (exact) mass is 472 g/mol. The maximum Gasteiger partial charge on any atom is 0.243 e. The standard InChI is InChI=1S/C23H28N4O3S2/c1-3-27(4-2)32(29,30)18-10-7-9-17(15-18)24-22(28)16-26-14-8-12-20(26)23-25-19-11-5-6-13-21(19)31-23/h5-7,9-11,13,15,20H,3-4,8,12,14,16H2,1-2H3,(H,24,28)/t20-/m0/s1.